The topological polar surface area (TPSA) is 48.5 Å². The highest BCUT2D eigenvalue weighted by Crippen LogP contribution is 2.44. The summed E-state index contributed by atoms with van der Waals surface area (Å²) in [4.78, 5) is 15.8. The smallest absolute Gasteiger partial charge is 0.238 e. The summed E-state index contributed by atoms with van der Waals surface area (Å²) in [5.41, 5.74) is 14.2. The highest BCUT2D eigenvalue weighted by molar-refractivity contribution is 6.26. The lowest BCUT2D eigenvalue weighted by atomic mass is 9.98. The molecule has 0 aliphatic heterocycles. The first-order chi connectivity index (χ1) is 30.7. The van der Waals surface area contributed by atoms with Crippen LogP contribution in [0.2, 0.25) is 0 Å². The molecule has 0 saturated carbocycles. The van der Waals surface area contributed by atoms with Gasteiger partial charge in [-0.25, -0.2) is 4.98 Å². The van der Waals surface area contributed by atoms with Crippen molar-refractivity contribution in [2.75, 3.05) is 0 Å². The van der Waals surface area contributed by atoms with Gasteiger partial charge in [0, 0.05) is 38.4 Å². The molecule has 0 aliphatic carbocycles. The summed E-state index contributed by atoms with van der Waals surface area (Å²) in [6.45, 7) is 0. The van der Waals surface area contributed by atoms with Crippen LogP contribution in [0.25, 0.3) is 111 Å². The zero-order valence-electron chi connectivity index (χ0n) is 33.6. The third kappa shape index (κ3) is 5.98. The predicted molar refractivity (Wildman–Crippen MR) is 256 cm³/mol. The molecule has 12 rings (SSSR count). The Morgan fingerprint density at radius 2 is 0.710 bits per heavy atom. The molecule has 290 valence electrons. The van der Waals surface area contributed by atoms with Crippen LogP contribution in [-0.2, 0) is 0 Å². The van der Waals surface area contributed by atoms with Gasteiger partial charge in [0.05, 0.1) is 22.1 Å². The molecular formula is C57H37N5. The largest absolute Gasteiger partial charge is 0.309 e. The van der Waals surface area contributed by atoms with Crippen LogP contribution in [0.15, 0.2) is 224 Å². The summed E-state index contributed by atoms with van der Waals surface area (Å²) >= 11 is 0. The van der Waals surface area contributed by atoms with Crippen molar-refractivity contribution in [3.8, 4) is 67.8 Å². The highest BCUT2D eigenvalue weighted by atomic mass is 15.2. The van der Waals surface area contributed by atoms with E-state index in [9.17, 15) is 0 Å². The predicted octanol–water partition coefficient (Wildman–Crippen LogP) is 14.4. The Hall–Kier alpha value is -8.41. The molecule has 0 fully saturated rings. The molecule has 0 radical (unpaired) electrons. The number of rotatable bonds is 7. The summed E-state index contributed by atoms with van der Waals surface area (Å²) in [6.07, 6.45) is 0. The Morgan fingerprint density at radius 3 is 1.29 bits per heavy atom. The van der Waals surface area contributed by atoms with E-state index in [1.165, 1.54) is 16.7 Å². The van der Waals surface area contributed by atoms with E-state index in [4.69, 9.17) is 15.0 Å². The maximum absolute atomic E-state index is 5.35. The maximum atomic E-state index is 5.35. The van der Waals surface area contributed by atoms with Crippen molar-refractivity contribution in [1.82, 2.24) is 24.1 Å². The van der Waals surface area contributed by atoms with Gasteiger partial charge in [0.15, 0.2) is 11.6 Å². The minimum Gasteiger partial charge on any atom is -0.309 e. The first-order valence-electron chi connectivity index (χ1n) is 20.9. The van der Waals surface area contributed by atoms with Gasteiger partial charge in [-0.1, -0.05) is 176 Å². The van der Waals surface area contributed by atoms with Gasteiger partial charge in [-0.2, -0.15) is 9.97 Å². The summed E-state index contributed by atoms with van der Waals surface area (Å²) in [7, 11) is 0. The van der Waals surface area contributed by atoms with Crippen molar-refractivity contribution in [2.45, 2.75) is 0 Å². The number of benzene rings is 9. The Balaban J connectivity index is 1.21. The number of nitrogens with zero attached hydrogens (tertiary/aromatic N) is 5. The van der Waals surface area contributed by atoms with Crippen LogP contribution in [0.5, 0.6) is 0 Å². The molecular weight excluding hydrogens is 755 g/mol. The molecule has 0 N–H and O–H groups in total. The molecule has 9 aromatic carbocycles. The van der Waals surface area contributed by atoms with Crippen molar-refractivity contribution in [3.05, 3.63) is 224 Å². The number of aromatic nitrogens is 5. The van der Waals surface area contributed by atoms with Gasteiger partial charge >= 0.3 is 0 Å². The Bertz CT molecular complexity index is 3540. The molecule has 5 nitrogen and oxygen atoms in total. The van der Waals surface area contributed by atoms with Gasteiger partial charge in [-0.3, -0.25) is 4.57 Å². The van der Waals surface area contributed by atoms with E-state index >= 15 is 0 Å². The van der Waals surface area contributed by atoms with E-state index in [0.717, 1.165) is 77.1 Å². The molecule has 0 spiro atoms. The monoisotopic (exact) mass is 791 g/mol. The molecule has 0 saturated heterocycles. The lowest BCUT2D eigenvalue weighted by Gasteiger charge is -2.12. The quantitative estimate of drug-likeness (QED) is 0.162. The molecule has 0 bridgehead atoms. The van der Waals surface area contributed by atoms with Gasteiger partial charge in [-0.15, -0.1) is 0 Å². The molecule has 3 aromatic heterocycles. The third-order valence-electron chi connectivity index (χ3n) is 12.0. The van der Waals surface area contributed by atoms with Crippen LogP contribution in [-0.4, -0.2) is 24.1 Å². The normalized spacial score (nSPS) is 11.5. The fraction of sp³-hybridized carbons (Fsp3) is 0. The van der Waals surface area contributed by atoms with Crippen molar-refractivity contribution in [1.29, 1.82) is 0 Å². The number of para-hydroxylation sites is 1. The molecule has 0 atom stereocenters. The standard InChI is InChI=1S/C57H37N5/c1-6-17-38(18-7-1)42-25-16-26-43(35-42)45-30-32-50-48(36-45)47-31-34-52-53(49-37-44(39-19-8-2-9-20-39)29-33-51(49)61(52)46-27-14-5-15-28-46)54(47)62(50)57-59-55(40-21-10-3-11-22-40)58-56(60-57)41-23-12-4-13-24-41/h1-37H. The molecule has 0 aliphatic rings. The van der Waals surface area contributed by atoms with E-state index in [-0.39, 0.29) is 0 Å². The van der Waals surface area contributed by atoms with Crippen molar-refractivity contribution < 1.29 is 0 Å². The average Bonchev–Trinajstić information content (AvgIpc) is 3.87. The lowest BCUT2D eigenvalue weighted by molar-refractivity contribution is 0.955. The Morgan fingerprint density at radius 1 is 0.274 bits per heavy atom. The summed E-state index contributed by atoms with van der Waals surface area (Å²) < 4.78 is 4.67. The Labute approximate surface area is 358 Å². The second-order valence-corrected chi connectivity index (χ2v) is 15.7. The van der Waals surface area contributed by atoms with Gasteiger partial charge in [0.2, 0.25) is 5.95 Å². The Kier molecular flexibility index (Phi) is 8.42. The minimum absolute atomic E-state index is 0.559. The van der Waals surface area contributed by atoms with E-state index in [0.29, 0.717) is 17.6 Å². The molecule has 0 amide bonds. The third-order valence-corrected chi connectivity index (χ3v) is 12.0. The SMILES string of the molecule is c1ccc(-c2cccc(-c3ccc4c(c3)c3ccc5c(c6cc(-c7ccccc7)ccc6n5-c5ccccc5)c3n4-c3nc(-c4ccccc4)nc(-c4ccccc4)n3)c2)cc1. The van der Waals surface area contributed by atoms with Crippen LogP contribution in [0, 0.1) is 0 Å². The summed E-state index contributed by atoms with van der Waals surface area (Å²) in [5.74, 6) is 1.79. The first kappa shape index (κ1) is 35.5. The van der Waals surface area contributed by atoms with Gasteiger partial charge in [0.1, 0.15) is 0 Å². The molecule has 3 heterocycles. The van der Waals surface area contributed by atoms with Crippen LogP contribution >= 0.6 is 0 Å². The second kappa shape index (κ2) is 14.7. The van der Waals surface area contributed by atoms with E-state index in [1.54, 1.807) is 0 Å². The van der Waals surface area contributed by atoms with E-state index in [2.05, 4.69) is 197 Å². The molecule has 12 aromatic rings. The summed E-state index contributed by atoms with van der Waals surface area (Å²) in [6, 6.07) is 79.4. The highest BCUT2D eigenvalue weighted by Gasteiger charge is 2.24. The lowest BCUT2D eigenvalue weighted by Crippen LogP contribution is -2.06. The maximum Gasteiger partial charge on any atom is 0.238 e. The molecule has 62 heavy (non-hydrogen) atoms. The van der Waals surface area contributed by atoms with Crippen LogP contribution in [0.4, 0.5) is 0 Å². The molecule has 5 heteroatoms. The van der Waals surface area contributed by atoms with E-state index in [1.807, 2.05) is 36.4 Å². The van der Waals surface area contributed by atoms with Crippen LogP contribution in [0.3, 0.4) is 0 Å². The second-order valence-electron chi connectivity index (χ2n) is 15.7. The number of fused-ring (bicyclic) bond motifs is 7. The van der Waals surface area contributed by atoms with Gasteiger partial charge < -0.3 is 4.57 Å². The van der Waals surface area contributed by atoms with Gasteiger partial charge in [-0.05, 0) is 81.9 Å². The fourth-order valence-electron chi connectivity index (χ4n) is 9.07. The van der Waals surface area contributed by atoms with Crippen molar-refractivity contribution in [2.24, 2.45) is 0 Å². The van der Waals surface area contributed by atoms with Crippen LogP contribution < -0.4 is 0 Å². The van der Waals surface area contributed by atoms with Crippen molar-refractivity contribution in [3.63, 3.8) is 0 Å². The first-order valence-corrected chi connectivity index (χ1v) is 20.9. The minimum atomic E-state index is 0.559. The zero-order chi connectivity index (χ0) is 41.0. The average molecular weight is 792 g/mol. The fourth-order valence-corrected chi connectivity index (χ4v) is 9.07. The number of hydrogen-bond acceptors (Lipinski definition) is 3. The zero-order valence-corrected chi connectivity index (χ0v) is 33.6. The molecule has 0 unspecified atom stereocenters. The van der Waals surface area contributed by atoms with Gasteiger partial charge in [0.25, 0.3) is 0 Å². The summed E-state index contributed by atoms with van der Waals surface area (Å²) in [5, 5.41) is 4.52. The van der Waals surface area contributed by atoms with E-state index < -0.39 is 0 Å². The van der Waals surface area contributed by atoms with Crippen molar-refractivity contribution >= 4 is 43.6 Å². The van der Waals surface area contributed by atoms with Crippen LogP contribution in [0.1, 0.15) is 0 Å². The number of hydrogen-bond donors (Lipinski definition) is 0.